The van der Waals surface area contributed by atoms with Crippen LogP contribution in [-0.2, 0) is 0 Å². The smallest absolute Gasteiger partial charge is 0.0485 e. The van der Waals surface area contributed by atoms with Gasteiger partial charge in [0.05, 0.1) is 0 Å². The Labute approximate surface area is 103 Å². The van der Waals surface area contributed by atoms with Crippen molar-refractivity contribution in [3.63, 3.8) is 0 Å². The summed E-state index contributed by atoms with van der Waals surface area (Å²) < 4.78 is 1.04. The summed E-state index contributed by atoms with van der Waals surface area (Å²) in [6.07, 6.45) is 0. The predicted molar refractivity (Wildman–Crippen MR) is 69.3 cm³/mol. The Morgan fingerprint density at radius 1 is 1.07 bits per heavy atom. The van der Waals surface area contributed by atoms with Crippen molar-refractivity contribution < 1.29 is 0 Å². The van der Waals surface area contributed by atoms with Crippen LogP contribution in [0.2, 0.25) is 5.02 Å². The highest BCUT2D eigenvalue weighted by atomic mass is 79.9. The molecule has 2 rings (SSSR count). The van der Waals surface area contributed by atoms with E-state index in [-0.39, 0.29) is 0 Å². The second-order valence-corrected chi connectivity index (χ2v) is 4.82. The Balaban J connectivity index is 2.58. The van der Waals surface area contributed by atoms with Gasteiger partial charge < -0.3 is 0 Å². The molecule has 76 valence electrons. The highest BCUT2D eigenvalue weighted by Gasteiger charge is 2.03. The summed E-state index contributed by atoms with van der Waals surface area (Å²) in [6.45, 7) is 2.08. The Bertz CT molecular complexity index is 492. The Morgan fingerprint density at radius 2 is 1.87 bits per heavy atom. The zero-order valence-electron chi connectivity index (χ0n) is 8.30. The van der Waals surface area contributed by atoms with Gasteiger partial charge in [-0.25, -0.2) is 0 Å². The molecule has 0 unspecified atom stereocenters. The third kappa shape index (κ3) is 2.42. The monoisotopic (exact) mass is 280 g/mol. The van der Waals surface area contributed by atoms with Crippen molar-refractivity contribution in [3.8, 4) is 11.1 Å². The summed E-state index contributed by atoms with van der Waals surface area (Å²) in [5.41, 5.74) is 3.46. The molecule has 0 spiro atoms. The van der Waals surface area contributed by atoms with Gasteiger partial charge in [-0.05, 0) is 30.7 Å². The van der Waals surface area contributed by atoms with Gasteiger partial charge >= 0.3 is 0 Å². The van der Waals surface area contributed by atoms with Crippen LogP contribution < -0.4 is 0 Å². The molecule has 0 aliphatic carbocycles. The molecule has 0 atom stereocenters. The number of hydrogen-bond donors (Lipinski definition) is 0. The topological polar surface area (TPSA) is 0 Å². The van der Waals surface area contributed by atoms with Crippen molar-refractivity contribution in [1.29, 1.82) is 0 Å². The van der Waals surface area contributed by atoms with Gasteiger partial charge in [0.25, 0.3) is 0 Å². The van der Waals surface area contributed by atoms with Crippen molar-refractivity contribution >= 4 is 27.5 Å². The molecule has 0 fully saturated rings. The van der Waals surface area contributed by atoms with Gasteiger partial charge in [0.1, 0.15) is 0 Å². The summed E-state index contributed by atoms with van der Waals surface area (Å²) in [6, 6.07) is 14.2. The quantitative estimate of drug-likeness (QED) is 0.684. The number of aryl methyl sites for hydroxylation is 1. The number of rotatable bonds is 1. The van der Waals surface area contributed by atoms with E-state index in [0.717, 1.165) is 20.6 Å². The maximum Gasteiger partial charge on any atom is 0.0485 e. The molecule has 2 aromatic carbocycles. The minimum absolute atomic E-state index is 0.781. The Morgan fingerprint density at radius 3 is 2.60 bits per heavy atom. The van der Waals surface area contributed by atoms with E-state index >= 15 is 0 Å². The second-order valence-electron chi connectivity index (χ2n) is 3.49. The second kappa shape index (κ2) is 4.38. The molecule has 15 heavy (non-hydrogen) atoms. The van der Waals surface area contributed by atoms with Crippen LogP contribution in [0.4, 0.5) is 0 Å². The standard InChI is InChI=1S/C13H10BrCl/c1-9-3-2-4-10(7-9)12-8-11(14)5-6-13(12)15/h2-8H,1H3. The van der Waals surface area contributed by atoms with Gasteiger partial charge in [-0.1, -0.05) is 57.4 Å². The zero-order valence-corrected chi connectivity index (χ0v) is 10.6. The van der Waals surface area contributed by atoms with E-state index < -0.39 is 0 Å². The molecule has 0 saturated carbocycles. The molecule has 0 N–H and O–H groups in total. The van der Waals surface area contributed by atoms with Crippen molar-refractivity contribution in [3.05, 3.63) is 57.5 Å². The minimum Gasteiger partial charge on any atom is -0.0837 e. The number of halogens is 2. The minimum atomic E-state index is 0.781. The Hall–Kier alpha value is -0.790. The molecule has 0 aromatic heterocycles. The molecule has 0 aliphatic heterocycles. The SMILES string of the molecule is Cc1cccc(-c2cc(Br)ccc2Cl)c1. The van der Waals surface area contributed by atoms with Crippen molar-refractivity contribution in [2.75, 3.05) is 0 Å². The normalized spacial score (nSPS) is 10.3. The molecular formula is C13H10BrCl. The zero-order chi connectivity index (χ0) is 10.8. The number of benzene rings is 2. The van der Waals surface area contributed by atoms with Crippen molar-refractivity contribution in [2.24, 2.45) is 0 Å². The first kappa shape index (κ1) is 10.7. The van der Waals surface area contributed by atoms with E-state index in [1.807, 2.05) is 24.3 Å². The first-order chi connectivity index (χ1) is 7.16. The Kier molecular flexibility index (Phi) is 3.13. The van der Waals surface area contributed by atoms with Crippen LogP contribution >= 0.6 is 27.5 Å². The van der Waals surface area contributed by atoms with Crippen LogP contribution in [0.3, 0.4) is 0 Å². The average Bonchev–Trinajstić information content (AvgIpc) is 2.22. The molecule has 0 aliphatic rings. The van der Waals surface area contributed by atoms with Crippen LogP contribution in [0.15, 0.2) is 46.9 Å². The van der Waals surface area contributed by atoms with E-state index in [1.54, 1.807) is 0 Å². The molecule has 2 heteroatoms. The third-order valence-corrected chi connectivity index (χ3v) is 3.08. The molecule has 0 nitrogen and oxygen atoms in total. The largest absolute Gasteiger partial charge is 0.0837 e. The number of hydrogen-bond acceptors (Lipinski definition) is 0. The van der Waals surface area contributed by atoms with E-state index in [9.17, 15) is 0 Å². The molecule has 0 saturated heterocycles. The summed E-state index contributed by atoms with van der Waals surface area (Å²) in [7, 11) is 0. The molecular weight excluding hydrogens is 272 g/mol. The molecule has 0 heterocycles. The maximum atomic E-state index is 6.16. The van der Waals surface area contributed by atoms with Gasteiger partial charge in [-0.15, -0.1) is 0 Å². The summed E-state index contributed by atoms with van der Waals surface area (Å²) >= 11 is 9.62. The fraction of sp³-hybridized carbons (Fsp3) is 0.0769. The van der Waals surface area contributed by atoms with E-state index in [0.29, 0.717) is 0 Å². The summed E-state index contributed by atoms with van der Waals surface area (Å²) in [4.78, 5) is 0. The van der Waals surface area contributed by atoms with E-state index in [4.69, 9.17) is 11.6 Å². The predicted octanol–water partition coefficient (Wildman–Crippen LogP) is 5.08. The van der Waals surface area contributed by atoms with Crippen molar-refractivity contribution in [2.45, 2.75) is 6.92 Å². The highest BCUT2D eigenvalue weighted by molar-refractivity contribution is 9.10. The fourth-order valence-electron chi connectivity index (χ4n) is 1.53. The molecule has 0 amide bonds. The lowest BCUT2D eigenvalue weighted by Gasteiger charge is -2.06. The van der Waals surface area contributed by atoms with Gasteiger partial charge in [-0.3, -0.25) is 0 Å². The van der Waals surface area contributed by atoms with Gasteiger partial charge in [0.15, 0.2) is 0 Å². The van der Waals surface area contributed by atoms with Crippen LogP contribution in [0.1, 0.15) is 5.56 Å². The molecule has 2 aromatic rings. The highest BCUT2D eigenvalue weighted by Crippen LogP contribution is 2.30. The van der Waals surface area contributed by atoms with Gasteiger partial charge in [0, 0.05) is 15.1 Å². The van der Waals surface area contributed by atoms with Gasteiger partial charge in [0.2, 0.25) is 0 Å². The van der Waals surface area contributed by atoms with E-state index in [1.165, 1.54) is 5.56 Å². The van der Waals surface area contributed by atoms with Crippen LogP contribution in [-0.4, -0.2) is 0 Å². The third-order valence-electron chi connectivity index (χ3n) is 2.26. The molecule has 0 radical (unpaired) electrons. The lowest BCUT2D eigenvalue weighted by atomic mass is 10.0. The summed E-state index contributed by atoms with van der Waals surface area (Å²) in [5, 5.41) is 0.781. The first-order valence-corrected chi connectivity index (χ1v) is 5.86. The van der Waals surface area contributed by atoms with Gasteiger partial charge in [-0.2, -0.15) is 0 Å². The maximum absolute atomic E-state index is 6.16. The molecule has 0 bridgehead atoms. The first-order valence-electron chi connectivity index (χ1n) is 4.69. The summed E-state index contributed by atoms with van der Waals surface area (Å²) in [5.74, 6) is 0. The van der Waals surface area contributed by atoms with Crippen LogP contribution in [0.5, 0.6) is 0 Å². The lowest BCUT2D eigenvalue weighted by molar-refractivity contribution is 1.46. The average molecular weight is 282 g/mol. The van der Waals surface area contributed by atoms with Crippen LogP contribution in [0.25, 0.3) is 11.1 Å². The van der Waals surface area contributed by atoms with E-state index in [2.05, 4.69) is 41.1 Å². The lowest BCUT2D eigenvalue weighted by Crippen LogP contribution is -1.81. The fourth-order valence-corrected chi connectivity index (χ4v) is 2.12. The van der Waals surface area contributed by atoms with Crippen molar-refractivity contribution in [1.82, 2.24) is 0 Å². The van der Waals surface area contributed by atoms with Crippen LogP contribution in [0, 0.1) is 6.92 Å².